The zero-order valence-electron chi connectivity index (χ0n) is 12.5. The van der Waals surface area contributed by atoms with E-state index in [4.69, 9.17) is 0 Å². The third kappa shape index (κ3) is 4.13. The van der Waals surface area contributed by atoms with E-state index in [2.05, 4.69) is 19.2 Å². The van der Waals surface area contributed by atoms with E-state index in [1.807, 2.05) is 20.8 Å². The molecule has 0 aromatic heterocycles. The fourth-order valence-corrected chi connectivity index (χ4v) is 2.83. The van der Waals surface area contributed by atoms with Crippen molar-refractivity contribution >= 4 is 5.78 Å². The van der Waals surface area contributed by atoms with E-state index in [0.29, 0.717) is 11.8 Å². The highest BCUT2D eigenvalue weighted by Gasteiger charge is 2.57. The molecule has 1 rings (SSSR count). The summed E-state index contributed by atoms with van der Waals surface area (Å²) in [7, 11) is 0. The number of carbonyl (C=O) groups is 1. The topological polar surface area (TPSA) is 49.3 Å². The molecule has 1 fully saturated rings. The summed E-state index contributed by atoms with van der Waals surface area (Å²) in [6.07, 6.45) is 2.46. The van der Waals surface area contributed by atoms with Crippen molar-refractivity contribution in [2.75, 3.05) is 6.54 Å². The smallest absolute Gasteiger partial charge is 0.154 e. The van der Waals surface area contributed by atoms with Gasteiger partial charge in [-0.1, -0.05) is 13.8 Å². The second kappa shape index (κ2) is 5.04. The summed E-state index contributed by atoms with van der Waals surface area (Å²) in [5.74, 6) is 1.19. The summed E-state index contributed by atoms with van der Waals surface area (Å²) in [6, 6.07) is 0. The molecular weight excluding hydrogens is 226 g/mol. The quantitative estimate of drug-likeness (QED) is 0.715. The van der Waals surface area contributed by atoms with Crippen molar-refractivity contribution in [3.63, 3.8) is 0 Å². The van der Waals surface area contributed by atoms with Crippen LogP contribution in [0, 0.1) is 17.3 Å². The number of allylic oxidation sites excluding steroid dienone is 2. The molecule has 0 amide bonds. The molecule has 0 heterocycles. The Bertz CT molecular complexity index is 350. The van der Waals surface area contributed by atoms with Crippen molar-refractivity contribution in [3.05, 3.63) is 11.8 Å². The SMILES string of the molecule is CC(=O)C=C(C)NCC1C(CC(C)(C)O)C1(C)C. The summed E-state index contributed by atoms with van der Waals surface area (Å²) in [5, 5.41) is 13.2. The van der Waals surface area contributed by atoms with Crippen LogP contribution in [0.5, 0.6) is 0 Å². The van der Waals surface area contributed by atoms with Gasteiger partial charge < -0.3 is 10.4 Å². The highest BCUT2D eigenvalue weighted by atomic mass is 16.3. The highest BCUT2D eigenvalue weighted by molar-refractivity contribution is 5.87. The molecule has 0 aliphatic heterocycles. The van der Waals surface area contributed by atoms with Crippen LogP contribution < -0.4 is 5.32 Å². The number of hydrogen-bond donors (Lipinski definition) is 2. The molecule has 0 spiro atoms. The molecule has 0 radical (unpaired) electrons. The maximum Gasteiger partial charge on any atom is 0.154 e. The predicted octanol–water partition coefficient (Wildman–Crippen LogP) is 2.50. The summed E-state index contributed by atoms with van der Waals surface area (Å²) < 4.78 is 0. The lowest BCUT2D eigenvalue weighted by Gasteiger charge is -2.17. The first-order valence-electron chi connectivity index (χ1n) is 6.69. The molecule has 2 unspecified atom stereocenters. The standard InChI is InChI=1S/C15H27NO2/c1-10(7-11(2)17)16-9-13-12(15(13,5)6)8-14(3,4)18/h7,12-13,16,18H,8-9H2,1-6H3. The minimum atomic E-state index is -0.596. The molecule has 2 N–H and O–H groups in total. The predicted molar refractivity (Wildman–Crippen MR) is 74.1 cm³/mol. The van der Waals surface area contributed by atoms with Gasteiger partial charge in [-0.3, -0.25) is 4.79 Å². The van der Waals surface area contributed by atoms with Gasteiger partial charge in [0.05, 0.1) is 5.60 Å². The van der Waals surface area contributed by atoms with Crippen LogP contribution in [0.4, 0.5) is 0 Å². The average molecular weight is 253 g/mol. The van der Waals surface area contributed by atoms with Crippen LogP contribution in [0.1, 0.15) is 48.0 Å². The summed E-state index contributed by atoms with van der Waals surface area (Å²) >= 11 is 0. The molecule has 2 atom stereocenters. The second-order valence-corrected chi connectivity index (χ2v) is 6.87. The monoisotopic (exact) mass is 253 g/mol. The Morgan fingerprint density at radius 2 is 1.89 bits per heavy atom. The number of ketones is 1. The minimum absolute atomic E-state index is 0.0723. The average Bonchev–Trinajstić information content (AvgIpc) is 2.60. The van der Waals surface area contributed by atoms with E-state index >= 15 is 0 Å². The van der Waals surface area contributed by atoms with Gasteiger partial charge in [-0.15, -0.1) is 0 Å². The fraction of sp³-hybridized carbons (Fsp3) is 0.800. The van der Waals surface area contributed by atoms with Crippen LogP contribution in [0.3, 0.4) is 0 Å². The van der Waals surface area contributed by atoms with Crippen molar-refractivity contribution in [3.8, 4) is 0 Å². The van der Waals surface area contributed by atoms with Gasteiger partial charge in [-0.05, 0) is 57.4 Å². The van der Waals surface area contributed by atoms with E-state index in [-0.39, 0.29) is 11.2 Å². The van der Waals surface area contributed by atoms with Gasteiger partial charge >= 0.3 is 0 Å². The van der Waals surface area contributed by atoms with E-state index in [9.17, 15) is 9.90 Å². The van der Waals surface area contributed by atoms with Crippen molar-refractivity contribution in [1.29, 1.82) is 0 Å². The minimum Gasteiger partial charge on any atom is -0.390 e. The summed E-state index contributed by atoms with van der Waals surface area (Å²) in [5.41, 5.74) is 0.608. The molecule has 0 aromatic rings. The van der Waals surface area contributed by atoms with Crippen LogP contribution in [0.2, 0.25) is 0 Å². The van der Waals surface area contributed by atoms with Crippen molar-refractivity contribution < 1.29 is 9.90 Å². The highest BCUT2D eigenvalue weighted by Crippen LogP contribution is 2.60. The molecule has 3 heteroatoms. The van der Waals surface area contributed by atoms with Gasteiger partial charge in [0.2, 0.25) is 0 Å². The van der Waals surface area contributed by atoms with E-state index < -0.39 is 5.60 Å². The molecule has 18 heavy (non-hydrogen) atoms. The normalized spacial score (nSPS) is 26.9. The van der Waals surface area contributed by atoms with E-state index in [1.165, 1.54) is 0 Å². The van der Waals surface area contributed by atoms with Gasteiger partial charge in [0.15, 0.2) is 5.78 Å². The van der Waals surface area contributed by atoms with Crippen LogP contribution in [-0.2, 0) is 4.79 Å². The van der Waals surface area contributed by atoms with Crippen LogP contribution >= 0.6 is 0 Å². The lowest BCUT2D eigenvalue weighted by atomic mass is 9.97. The lowest BCUT2D eigenvalue weighted by molar-refractivity contribution is -0.112. The number of carbonyl (C=O) groups excluding carboxylic acids is 1. The largest absolute Gasteiger partial charge is 0.390 e. The molecule has 3 nitrogen and oxygen atoms in total. The molecule has 0 bridgehead atoms. The molecular formula is C15H27NO2. The number of nitrogens with one attached hydrogen (secondary N) is 1. The van der Waals surface area contributed by atoms with Gasteiger partial charge in [-0.2, -0.15) is 0 Å². The third-order valence-electron chi connectivity index (χ3n) is 4.03. The van der Waals surface area contributed by atoms with E-state index in [1.54, 1.807) is 13.0 Å². The first-order chi connectivity index (χ1) is 8.04. The van der Waals surface area contributed by atoms with Crippen LogP contribution in [0.25, 0.3) is 0 Å². The first-order valence-corrected chi connectivity index (χ1v) is 6.69. The Morgan fingerprint density at radius 1 is 1.33 bits per heavy atom. The number of hydrogen-bond acceptors (Lipinski definition) is 3. The molecule has 0 aromatic carbocycles. The number of rotatable bonds is 6. The fourth-order valence-electron chi connectivity index (χ4n) is 2.83. The molecule has 104 valence electrons. The van der Waals surface area contributed by atoms with Crippen molar-refractivity contribution in [2.45, 2.75) is 53.6 Å². The molecule has 1 saturated carbocycles. The number of aliphatic hydroxyl groups is 1. The second-order valence-electron chi connectivity index (χ2n) is 6.87. The van der Waals surface area contributed by atoms with Crippen molar-refractivity contribution in [1.82, 2.24) is 5.32 Å². The molecule has 0 saturated heterocycles. The van der Waals surface area contributed by atoms with Crippen LogP contribution in [0.15, 0.2) is 11.8 Å². The summed E-state index contributed by atoms with van der Waals surface area (Å²) in [6.45, 7) is 12.6. The first kappa shape index (κ1) is 15.2. The van der Waals surface area contributed by atoms with Gasteiger partial charge in [-0.25, -0.2) is 0 Å². The summed E-state index contributed by atoms with van der Waals surface area (Å²) in [4.78, 5) is 10.9. The lowest BCUT2D eigenvalue weighted by Crippen LogP contribution is -2.21. The third-order valence-corrected chi connectivity index (χ3v) is 4.03. The molecule has 1 aliphatic rings. The maximum absolute atomic E-state index is 10.9. The van der Waals surface area contributed by atoms with Crippen molar-refractivity contribution in [2.24, 2.45) is 17.3 Å². The Hall–Kier alpha value is -0.830. The zero-order valence-corrected chi connectivity index (χ0v) is 12.5. The Balaban J connectivity index is 2.47. The van der Waals surface area contributed by atoms with Gasteiger partial charge in [0, 0.05) is 12.2 Å². The van der Waals surface area contributed by atoms with E-state index in [0.717, 1.165) is 18.7 Å². The Labute approximate surface area is 111 Å². The Kier molecular flexibility index (Phi) is 4.26. The maximum atomic E-state index is 10.9. The van der Waals surface area contributed by atoms with Gasteiger partial charge in [0.1, 0.15) is 0 Å². The Morgan fingerprint density at radius 3 is 2.33 bits per heavy atom. The van der Waals surface area contributed by atoms with Crippen LogP contribution in [-0.4, -0.2) is 23.0 Å². The zero-order chi connectivity index (χ0) is 14.1. The van der Waals surface area contributed by atoms with Gasteiger partial charge in [0.25, 0.3) is 0 Å². The molecule has 1 aliphatic carbocycles.